The first-order valence-electron chi connectivity index (χ1n) is 6.98. The van der Waals surface area contributed by atoms with E-state index in [1.807, 2.05) is 19.1 Å². The van der Waals surface area contributed by atoms with Crippen molar-refractivity contribution >= 4 is 17.3 Å². The van der Waals surface area contributed by atoms with E-state index in [-0.39, 0.29) is 0 Å². The largest absolute Gasteiger partial charge is 0.390 e. The highest BCUT2D eigenvalue weighted by atomic mass is 35.5. The lowest BCUT2D eigenvalue weighted by Crippen LogP contribution is -2.42. The van der Waals surface area contributed by atoms with Crippen molar-refractivity contribution in [2.45, 2.75) is 38.8 Å². The minimum atomic E-state index is -0.517. The third kappa shape index (κ3) is 3.85. The van der Waals surface area contributed by atoms with Crippen molar-refractivity contribution in [2.75, 3.05) is 24.5 Å². The molecule has 1 heterocycles. The molecule has 2 rings (SSSR count). The molecule has 1 aliphatic heterocycles. The zero-order chi connectivity index (χ0) is 13.9. The second kappa shape index (κ2) is 6.12. The summed E-state index contributed by atoms with van der Waals surface area (Å²) in [5, 5.41) is 14.2. The molecule has 1 fully saturated rings. The molecule has 0 aromatic heterocycles. The number of benzene rings is 1. The van der Waals surface area contributed by atoms with Gasteiger partial charge < -0.3 is 15.3 Å². The van der Waals surface area contributed by atoms with Gasteiger partial charge in [0.1, 0.15) is 0 Å². The van der Waals surface area contributed by atoms with Gasteiger partial charge in [-0.05, 0) is 44.0 Å². The summed E-state index contributed by atoms with van der Waals surface area (Å²) in [6, 6.07) is 6.07. The minimum Gasteiger partial charge on any atom is -0.390 e. The first kappa shape index (κ1) is 14.6. The fourth-order valence-corrected chi connectivity index (χ4v) is 2.64. The predicted molar refractivity (Wildman–Crippen MR) is 80.9 cm³/mol. The number of nitrogens with zero attached hydrogens (tertiary/aromatic N) is 1. The van der Waals surface area contributed by atoms with Gasteiger partial charge in [-0.15, -0.1) is 0 Å². The zero-order valence-corrected chi connectivity index (χ0v) is 12.5. The molecule has 4 heteroatoms. The molecule has 19 heavy (non-hydrogen) atoms. The Labute approximate surface area is 120 Å². The summed E-state index contributed by atoms with van der Waals surface area (Å²) in [4.78, 5) is 2.33. The van der Waals surface area contributed by atoms with Crippen LogP contribution in [0.4, 0.5) is 5.69 Å². The fourth-order valence-electron chi connectivity index (χ4n) is 2.47. The number of rotatable bonds is 4. The molecule has 0 amide bonds. The Morgan fingerprint density at radius 1 is 1.37 bits per heavy atom. The van der Waals surface area contributed by atoms with Crippen LogP contribution in [-0.4, -0.2) is 30.3 Å². The number of hydrogen-bond acceptors (Lipinski definition) is 3. The summed E-state index contributed by atoms with van der Waals surface area (Å²) in [6.45, 7) is 7.60. The van der Waals surface area contributed by atoms with E-state index in [2.05, 4.69) is 23.2 Å². The highest BCUT2D eigenvalue weighted by molar-refractivity contribution is 6.30. The Balaban J connectivity index is 2.16. The average Bonchev–Trinajstić information content (AvgIpc) is 2.37. The molecule has 1 aliphatic rings. The van der Waals surface area contributed by atoms with Gasteiger partial charge in [0.25, 0.3) is 0 Å². The van der Waals surface area contributed by atoms with E-state index in [4.69, 9.17) is 11.6 Å². The lowest BCUT2D eigenvalue weighted by molar-refractivity contribution is 0.0351. The van der Waals surface area contributed by atoms with Crippen molar-refractivity contribution in [1.29, 1.82) is 0 Å². The van der Waals surface area contributed by atoms with Gasteiger partial charge in [0.2, 0.25) is 0 Å². The maximum absolute atomic E-state index is 10.0. The van der Waals surface area contributed by atoms with Crippen LogP contribution in [0.3, 0.4) is 0 Å². The molecule has 3 nitrogen and oxygen atoms in total. The normalized spacial score (nSPS) is 18.6. The van der Waals surface area contributed by atoms with Gasteiger partial charge in [-0.3, -0.25) is 0 Å². The molecule has 0 unspecified atom stereocenters. The molecule has 0 aliphatic carbocycles. The average molecular weight is 283 g/mol. The fraction of sp³-hybridized carbons (Fsp3) is 0.600. The van der Waals surface area contributed by atoms with Gasteiger partial charge in [-0.1, -0.05) is 24.6 Å². The first-order chi connectivity index (χ1) is 9.02. The highest BCUT2D eigenvalue weighted by Crippen LogP contribution is 2.30. The molecule has 0 atom stereocenters. The molecule has 1 aromatic carbocycles. The van der Waals surface area contributed by atoms with Gasteiger partial charge in [0.05, 0.1) is 5.60 Å². The first-order valence-corrected chi connectivity index (χ1v) is 7.36. The number of hydrogen-bond donors (Lipinski definition) is 2. The van der Waals surface area contributed by atoms with Gasteiger partial charge in [-0.2, -0.15) is 0 Å². The van der Waals surface area contributed by atoms with E-state index >= 15 is 0 Å². The van der Waals surface area contributed by atoms with E-state index in [0.29, 0.717) is 0 Å². The molecule has 1 saturated heterocycles. The summed E-state index contributed by atoms with van der Waals surface area (Å²) in [7, 11) is 0. The van der Waals surface area contributed by atoms with Crippen LogP contribution in [0.15, 0.2) is 18.2 Å². The number of halogens is 1. The molecule has 0 spiro atoms. The van der Waals surface area contributed by atoms with Gasteiger partial charge >= 0.3 is 0 Å². The quantitative estimate of drug-likeness (QED) is 0.891. The van der Waals surface area contributed by atoms with E-state index in [1.54, 1.807) is 0 Å². The molecule has 0 saturated carbocycles. The van der Waals surface area contributed by atoms with Crippen molar-refractivity contribution in [1.82, 2.24) is 5.32 Å². The molecule has 0 bridgehead atoms. The van der Waals surface area contributed by atoms with E-state index in [1.165, 1.54) is 11.3 Å². The summed E-state index contributed by atoms with van der Waals surface area (Å²) in [5.41, 5.74) is 1.95. The maximum Gasteiger partial charge on any atom is 0.0653 e. The van der Waals surface area contributed by atoms with Crippen LogP contribution in [0.5, 0.6) is 0 Å². The third-order valence-electron chi connectivity index (χ3n) is 3.79. The lowest BCUT2D eigenvalue weighted by atomic mass is 9.93. The van der Waals surface area contributed by atoms with Crippen LogP contribution in [0.2, 0.25) is 5.02 Å². The standard InChI is InChI=1S/C15H23ClN2O/c1-3-17-11-12-4-5-13(16)10-14(12)18-8-6-15(2,19)7-9-18/h4-5,10,17,19H,3,6-9,11H2,1-2H3. The van der Waals surface area contributed by atoms with E-state index in [0.717, 1.165) is 44.0 Å². The summed E-state index contributed by atoms with van der Waals surface area (Å²) in [5.74, 6) is 0. The Bertz CT molecular complexity index is 424. The highest BCUT2D eigenvalue weighted by Gasteiger charge is 2.28. The summed E-state index contributed by atoms with van der Waals surface area (Å²) < 4.78 is 0. The van der Waals surface area contributed by atoms with Crippen LogP contribution < -0.4 is 10.2 Å². The Morgan fingerprint density at radius 3 is 2.68 bits per heavy atom. The maximum atomic E-state index is 10.0. The van der Waals surface area contributed by atoms with Gasteiger partial charge in [0, 0.05) is 30.3 Å². The van der Waals surface area contributed by atoms with Crippen molar-refractivity contribution in [2.24, 2.45) is 0 Å². The van der Waals surface area contributed by atoms with E-state index in [9.17, 15) is 5.11 Å². The smallest absolute Gasteiger partial charge is 0.0653 e. The number of anilines is 1. The van der Waals surface area contributed by atoms with Gasteiger partial charge in [-0.25, -0.2) is 0 Å². The molecular weight excluding hydrogens is 260 g/mol. The van der Waals surface area contributed by atoms with Crippen molar-refractivity contribution in [3.8, 4) is 0 Å². The summed E-state index contributed by atoms with van der Waals surface area (Å²) in [6.07, 6.45) is 1.61. The lowest BCUT2D eigenvalue weighted by Gasteiger charge is -2.38. The Kier molecular flexibility index (Phi) is 4.71. The minimum absolute atomic E-state index is 0.517. The second-order valence-electron chi connectivity index (χ2n) is 5.54. The predicted octanol–water partition coefficient (Wildman–Crippen LogP) is 2.80. The molecule has 0 radical (unpaired) electrons. The number of aliphatic hydroxyl groups is 1. The van der Waals surface area contributed by atoms with Crippen molar-refractivity contribution < 1.29 is 5.11 Å². The zero-order valence-electron chi connectivity index (χ0n) is 11.7. The van der Waals surface area contributed by atoms with E-state index < -0.39 is 5.60 Å². The van der Waals surface area contributed by atoms with Gasteiger partial charge in [0.15, 0.2) is 0 Å². The van der Waals surface area contributed by atoms with Crippen LogP contribution >= 0.6 is 11.6 Å². The van der Waals surface area contributed by atoms with Crippen LogP contribution in [0, 0.1) is 0 Å². The SMILES string of the molecule is CCNCc1ccc(Cl)cc1N1CCC(C)(O)CC1. The van der Waals surface area contributed by atoms with Crippen LogP contribution in [0.25, 0.3) is 0 Å². The van der Waals surface area contributed by atoms with Crippen LogP contribution in [-0.2, 0) is 6.54 Å². The molecular formula is C15H23ClN2O. The summed E-state index contributed by atoms with van der Waals surface area (Å²) >= 11 is 6.13. The molecule has 106 valence electrons. The second-order valence-corrected chi connectivity index (χ2v) is 5.97. The van der Waals surface area contributed by atoms with Crippen LogP contribution in [0.1, 0.15) is 32.3 Å². The molecule has 2 N–H and O–H groups in total. The monoisotopic (exact) mass is 282 g/mol. The van der Waals surface area contributed by atoms with Crippen molar-refractivity contribution in [3.63, 3.8) is 0 Å². The Hall–Kier alpha value is -0.770. The number of nitrogens with one attached hydrogen (secondary N) is 1. The van der Waals surface area contributed by atoms with Crippen molar-refractivity contribution in [3.05, 3.63) is 28.8 Å². The number of piperidine rings is 1. The Morgan fingerprint density at radius 2 is 2.05 bits per heavy atom. The third-order valence-corrected chi connectivity index (χ3v) is 4.03. The molecule has 1 aromatic rings. The topological polar surface area (TPSA) is 35.5 Å².